The highest BCUT2D eigenvalue weighted by molar-refractivity contribution is 5.98. The van der Waals surface area contributed by atoms with E-state index in [0.717, 1.165) is 12.8 Å². The minimum absolute atomic E-state index is 0.0114. The van der Waals surface area contributed by atoms with Gasteiger partial charge in [-0.3, -0.25) is 9.59 Å². The third-order valence-corrected chi connectivity index (χ3v) is 2.27. The van der Waals surface area contributed by atoms with E-state index < -0.39 is 11.5 Å². The first-order valence-corrected chi connectivity index (χ1v) is 6.07. The average molecular weight is 228 g/mol. The number of ether oxygens (including phenoxy) is 1. The number of carbonyl (C=O) groups excluding carboxylic acids is 2. The van der Waals surface area contributed by atoms with E-state index in [2.05, 4.69) is 0 Å². The Bertz CT molecular complexity index is 238. The predicted octanol–water partition coefficient (Wildman–Crippen LogP) is 3.11. The zero-order valence-electron chi connectivity index (χ0n) is 11.1. The minimum Gasteiger partial charge on any atom is -0.459 e. The Kier molecular flexibility index (Phi) is 6.31. The average Bonchev–Trinajstić information content (AvgIpc) is 2.15. The first-order valence-electron chi connectivity index (χ1n) is 6.07. The van der Waals surface area contributed by atoms with E-state index >= 15 is 0 Å². The highest BCUT2D eigenvalue weighted by atomic mass is 16.6. The van der Waals surface area contributed by atoms with Gasteiger partial charge in [-0.1, -0.05) is 26.7 Å². The minimum atomic E-state index is -0.566. The molecule has 0 heterocycles. The summed E-state index contributed by atoms with van der Waals surface area (Å²) in [6, 6.07) is 0. The SMILES string of the molecule is CCCCC(C(=O)CC)C(=O)OC(C)(C)C. The number of unbranched alkanes of at least 4 members (excludes halogenated alkanes) is 1. The third-order valence-electron chi connectivity index (χ3n) is 2.27. The molecule has 3 nitrogen and oxygen atoms in total. The lowest BCUT2D eigenvalue weighted by Gasteiger charge is -2.23. The molecular weight excluding hydrogens is 204 g/mol. The van der Waals surface area contributed by atoms with Crippen molar-refractivity contribution in [3.8, 4) is 0 Å². The number of esters is 1. The van der Waals surface area contributed by atoms with E-state index in [1.165, 1.54) is 0 Å². The van der Waals surface area contributed by atoms with Crippen molar-refractivity contribution in [3.05, 3.63) is 0 Å². The molecule has 0 spiro atoms. The van der Waals surface area contributed by atoms with Crippen LogP contribution >= 0.6 is 0 Å². The van der Waals surface area contributed by atoms with Crippen molar-refractivity contribution < 1.29 is 14.3 Å². The predicted molar refractivity (Wildman–Crippen MR) is 64.2 cm³/mol. The van der Waals surface area contributed by atoms with Crippen LogP contribution in [0.15, 0.2) is 0 Å². The maximum absolute atomic E-state index is 11.8. The van der Waals surface area contributed by atoms with Gasteiger partial charge in [0.05, 0.1) is 0 Å². The van der Waals surface area contributed by atoms with E-state index in [0.29, 0.717) is 12.8 Å². The van der Waals surface area contributed by atoms with Crippen molar-refractivity contribution in [2.45, 2.75) is 65.9 Å². The molecule has 16 heavy (non-hydrogen) atoms. The highest BCUT2D eigenvalue weighted by Gasteiger charge is 2.29. The van der Waals surface area contributed by atoms with Crippen LogP contribution in [0.3, 0.4) is 0 Å². The summed E-state index contributed by atoms with van der Waals surface area (Å²) < 4.78 is 5.26. The van der Waals surface area contributed by atoms with E-state index in [1.807, 2.05) is 27.7 Å². The Morgan fingerprint density at radius 3 is 2.12 bits per heavy atom. The summed E-state index contributed by atoms with van der Waals surface area (Å²) in [4.78, 5) is 23.5. The summed E-state index contributed by atoms with van der Waals surface area (Å²) in [5.74, 6) is -0.945. The smallest absolute Gasteiger partial charge is 0.316 e. The molecule has 0 rings (SSSR count). The van der Waals surface area contributed by atoms with Crippen molar-refractivity contribution in [3.63, 3.8) is 0 Å². The lowest BCUT2D eigenvalue weighted by atomic mass is 9.95. The second-order valence-corrected chi connectivity index (χ2v) is 5.05. The Morgan fingerprint density at radius 2 is 1.75 bits per heavy atom. The molecule has 0 amide bonds. The van der Waals surface area contributed by atoms with Crippen LogP contribution < -0.4 is 0 Å². The van der Waals surface area contributed by atoms with Crippen LogP contribution in [0.2, 0.25) is 0 Å². The quantitative estimate of drug-likeness (QED) is 0.518. The Hall–Kier alpha value is -0.860. The van der Waals surface area contributed by atoms with Gasteiger partial charge in [0.15, 0.2) is 0 Å². The first-order chi connectivity index (χ1) is 7.31. The number of rotatable bonds is 6. The van der Waals surface area contributed by atoms with Crippen molar-refractivity contribution >= 4 is 11.8 Å². The number of carbonyl (C=O) groups is 2. The summed E-state index contributed by atoms with van der Waals surface area (Å²) in [5, 5.41) is 0. The second kappa shape index (κ2) is 6.66. The number of hydrogen-bond donors (Lipinski definition) is 0. The highest BCUT2D eigenvalue weighted by Crippen LogP contribution is 2.18. The van der Waals surface area contributed by atoms with Crippen LogP contribution in [0.1, 0.15) is 60.3 Å². The summed E-state index contributed by atoms with van der Waals surface area (Å²) in [6.07, 6.45) is 2.87. The van der Waals surface area contributed by atoms with Gasteiger partial charge in [0, 0.05) is 6.42 Å². The van der Waals surface area contributed by atoms with Gasteiger partial charge in [-0.25, -0.2) is 0 Å². The van der Waals surface area contributed by atoms with Crippen LogP contribution in [0.5, 0.6) is 0 Å². The zero-order valence-corrected chi connectivity index (χ0v) is 11.1. The summed E-state index contributed by atoms with van der Waals surface area (Å²) in [5.41, 5.74) is -0.518. The fourth-order valence-corrected chi connectivity index (χ4v) is 1.44. The van der Waals surface area contributed by atoms with Gasteiger partial charge in [0.25, 0.3) is 0 Å². The molecule has 0 aliphatic rings. The molecule has 0 fully saturated rings. The zero-order chi connectivity index (χ0) is 12.8. The van der Waals surface area contributed by atoms with E-state index in [1.54, 1.807) is 6.92 Å². The van der Waals surface area contributed by atoms with Crippen LogP contribution in [0.25, 0.3) is 0 Å². The number of ketones is 1. The molecule has 94 valence electrons. The van der Waals surface area contributed by atoms with Gasteiger partial charge in [-0.15, -0.1) is 0 Å². The lowest BCUT2D eigenvalue weighted by Crippen LogP contribution is -2.32. The van der Waals surface area contributed by atoms with Crippen LogP contribution in [0.4, 0.5) is 0 Å². The van der Waals surface area contributed by atoms with Gasteiger partial charge in [0.1, 0.15) is 17.3 Å². The fraction of sp³-hybridized carbons (Fsp3) is 0.846. The van der Waals surface area contributed by atoms with Crippen molar-refractivity contribution in [2.24, 2.45) is 5.92 Å². The molecule has 0 bridgehead atoms. The summed E-state index contributed by atoms with van der Waals surface area (Å²) in [6.45, 7) is 9.28. The molecule has 0 aromatic heterocycles. The summed E-state index contributed by atoms with van der Waals surface area (Å²) in [7, 11) is 0. The molecule has 0 aliphatic heterocycles. The van der Waals surface area contributed by atoms with E-state index in [-0.39, 0.29) is 11.8 Å². The third kappa shape index (κ3) is 5.89. The molecule has 0 saturated carbocycles. The van der Waals surface area contributed by atoms with Crippen molar-refractivity contribution in [2.75, 3.05) is 0 Å². The van der Waals surface area contributed by atoms with Crippen molar-refractivity contribution in [1.29, 1.82) is 0 Å². The molecule has 0 saturated heterocycles. The van der Waals surface area contributed by atoms with Gasteiger partial charge >= 0.3 is 5.97 Å². The molecule has 0 radical (unpaired) electrons. The summed E-state index contributed by atoms with van der Waals surface area (Å²) >= 11 is 0. The lowest BCUT2D eigenvalue weighted by molar-refractivity contribution is -0.162. The van der Waals surface area contributed by atoms with Gasteiger partial charge < -0.3 is 4.74 Å². The maximum atomic E-state index is 11.8. The van der Waals surface area contributed by atoms with Crippen LogP contribution in [0, 0.1) is 5.92 Å². The molecule has 1 unspecified atom stereocenters. The normalized spacial score (nSPS) is 13.3. The van der Waals surface area contributed by atoms with Crippen LogP contribution in [-0.2, 0) is 14.3 Å². The Balaban J connectivity index is 4.50. The van der Waals surface area contributed by atoms with Crippen LogP contribution in [-0.4, -0.2) is 17.4 Å². The van der Waals surface area contributed by atoms with E-state index in [9.17, 15) is 9.59 Å². The second-order valence-electron chi connectivity index (χ2n) is 5.05. The van der Waals surface area contributed by atoms with Gasteiger partial charge in [-0.05, 0) is 27.2 Å². The fourth-order valence-electron chi connectivity index (χ4n) is 1.44. The monoisotopic (exact) mass is 228 g/mol. The van der Waals surface area contributed by atoms with Gasteiger partial charge in [0.2, 0.25) is 0 Å². The molecule has 0 aromatic rings. The first kappa shape index (κ1) is 15.1. The maximum Gasteiger partial charge on any atom is 0.316 e. The Morgan fingerprint density at radius 1 is 1.19 bits per heavy atom. The number of Topliss-reactive ketones (excluding diaryl/α,β-unsaturated/α-hetero) is 1. The molecule has 0 aliphatic carbocycles. The molecule has 0 N–H and O–H groups in total. The topological polar surface area (TPSA) is 43.4 Å². The molecule has 0 aromatic carbocycles. The van der Waals surface area contributed by atoms with E-state index in [4.69, 9.17) is 4.74 Å². The largest absolute Gasteiger partial charge is 0.459 e. The Labute approximate surface area is 98.6 Å². The van der Waals surface area contributed by atoms with Gasteiger partial charge in [-0.2, -0.15) is 0 Å². The standard InChI is InChI=1S/C13H24O3/c1-6-8-9-10(11(14)7-2)12(15)16-13(3,4)5/h10H,6-9H2,1-5H3. The number of hydrogen-bond acceptors (Lipinski definition) is 3. The molecular formula is C13H24O3. The molecule has 1 atom stereocenters. The molecule has 3 heteroatoms. The van der Waals surface area contributed by atoms with Crippen molar-refractivity contribution in [1.82, 2.24) is 0 Å².